The summed E-state index contributed by atoms with van der Waals surface area (Å²) in [5.41, 5.74) is 3.49. The zero-order chi connectivity index (χ0) is 51.0. The number of nitrogens with one attached hydrogen (secondary N) is 2. The number of esters is 1. The lowest BCUT2D eigenvalue weighted by Crippen LogP contribution is -2.43. The molecule has 2 aliphatic rings. The maximum absolute atomic E-state index is 12.5. The third kappa shape index (κ3) is 13.4. The number of hydrogen-bond acceptors (Lipinski definition) is 13. The molecule has 0 bridgehead atoms. The van der Waals surface area contributed by atoms with Crippen molar-refractivity contribution >= 4 is 45.9 Å². The lowest BCUT2D eigenvalue weighted by Gasteiger charge is -2.23. The largest absolute Gasteiger partial charge is 0.497 e. The van der Waals surface area contributed by atoms with Crippen molar-refractivity contribution in [2.75, 3.05) is 21.3 Å². The molecule has 4 aromatic carbocycles. The minimum atomic E-state index is -0.980. The quantitative estimate of drug-likeness (QED) is 0.0772. The number of hydrogen-bond donors (Lipinski definition) is 3. The molecule has 2 amide bonds. The Hall–Kier alpha value is -7.62. The summed E-state index contributed by atoms with van der Waals surface area (Å²) in [6.07, 6.45) is -0.518. The van der Waals surface area contributed by atoms with E-state index in [4.69, 9.17) is 43.1 Å². The van der Waals surface area contributed by atoms with E-state index in [2.05, 4.69) is 10.6 Å². The number of nitrogens with zero attached hydrogens (tertiary/aromatic N) is 2. The van der Waals surface area contributed by atoms with Crippen molar-refractivity contribution in [1.82, 2.24) is 20.6 Å². The molecule has 2 aromatic heterocycles. The Balaban J connectivity index is 0.000000209. The van der Waals surface area contributed by atoms with Crippen LogP contribution in [0.3, 0.4) is 0 Å². The minimum absolute atomic E-state index is 0.260. The van der Waals surface area contributed by atoms with Gasteiger partial charge in [0.25, 0.3) is 0 Å². The Kier molecular flexibility index (Phi) is 15.9. The first-order chi connectivity index (χ1) is 33.8. The van der Waals surface area contributed by atoms with Crippen LogP contribution in [0.4, 0.5) is 9.59 Å². The number of benzene rings is 4. The fourth-order valence-corrected chi connectivity index (χ4v) is 8.77. The van der Waals surface area contributed by atoms with Crippen LogP contribution in [0.2, 0.25) is 0 Å². The van der Waals surface area contributed by atoms with E-state index < -0.39 is 65.4 Å². The van der Waals surface area contributed by atoms with E-state index in [-0.39, 0.29) is 12.5 Å². The Labute approximate surface area is 413 Å². The molecule has 16 heteroatoms. The van der Waals surface area contributed by atoms with E-state index in [1.807, 2.05) is 109 Å². The van der Waals surface area contributed by atoms with Crippen LogP contribution < -0.4 is 29.6 Å². The molecule has 6 atom stereocenters. The maximum Gasteiger partial charge on any atom is 0.407 e. The predicted molar refractivity (Wildman–Crippen MR) is 268 cm³/mol. The van der Waals surface area contributed by atoms with Crippen molar-refractivity contribution in [3.63, 3.8) is 0 Å². The normalized spacial score (nSPS) is 19.7. The van der Waals surface area contributed by atoms with Gasteiger partial charge in [-0.2, -0.15) is 0 Å². The van der Waals surface area contributed by atoms with Gasteiger partial charge in [0.15, 0.2) is 0 Å². The van der Waals surface area contributed by atoms with Crippen LogP contribution in [0.1, 0.15) is 67.2 Å². The van der Waals surface area contributed by atoms with Crippen molar-refractivity contribution in [3.05, 3.63) is 109 Å². The summed E-state index contributed by atoms with van der Waals surface area (Å²) in [7, 11) is 4.56. The SMILES string of the molecule is COC(=O)[C@@H]1C[C@@H](Oc2cc(-c3ccccc3)nc3cc(OC)ccc23)C[C@@H]1NC(=O)OC(C)(C)C.COc1ccc2c(O[C@H]3C[C@H](NC(=O)OC(C)(C)C)[C@H](C(=O)O)C3)cc(-c3ccccc3)nc2c1. The highest BCUT2D eigenvalue weighted by Crippen LogP contribution is 2.39. The highest BCUT2D eigenvalue weighted by molar-refractivity contribution is 5.90. The molecule has 0 unspecified atom stereocenters. The molecule has 0 aliphatic heterocycles. The van der Waals surface area contributed by atoms with Gasteiger partial charge in [-0.15, -0.1) is 0 Å². The summed E-state index contributed by atoms with van der Waals surface area (Å²) < 4.78 is 39.4. The van der Waals surface area contributed by atoms with E-state index >= 15 is 0 Å². The second kappa shape index (κ2) is 22.0. The van der Waals surface area contributed by atoms with Crippen molar-refractivity contribution in [2.24, 2.45) is 11.8 Å². The van der Waals surface area contributed by atoms with E-state index in [9.17, 15) is 24.3 Å². The zero-order valence-corrected chi connectivity index (χ0v) is 41.5. The monoisotopic (exact) mass is 970 g/mol. The van der Waals surface area contributed by atoms with Gasteiger partial charge >= 0.3 is 24.1 Å². The van der Waals surface area contributed by atoms with Gasteiger partial charge in [0.1, 0.15) is 46.4 Å². The molecule has 3 N–H and O–H groups in total. The van der Waals surface area contributed by atoms with Gasteiger partial charge in [0, 0.05) is 71.1 Å². The molecule has 2 saturated carbocycles. The zero-order valence-electron chi connectivity index (χ0n) is 41.5. The van der Waals surface area contributed by atoms with Crippen molar-refractivity contribution in [3.8, 4) is 45.5 Å². The predicted octanol–water partition coefficient (Wildman–Crippen LogP) is 10.2. The summed E-state index contributed by atoms with van der Waals surface area (Å²) in [6.45, 7) is 10.7. The number of fused-ring (bicyclic) bond motifs is 2. The highest BCUT2D eigenvalue weighted by Gasteiger charge is 2.43. The Morgan fingerprint density at radius 2 is 0.958 bits per heavy atom. The van der Waals surface area contributed by atoms with Crippen LogP contribution in [0, 0.1) is 11.8 Å². The number of aliphatic carboxylic acids is 1. The third-order valence-electron chi connectivity index (χ3n) is 11.9. The number of methoxy groups -OCH3 is 3. The van der Waals surface area contributed by atoms with Gasteiger partial charge in [-0.1, -0.05) is 60.7 Å². The van der Waals surface area contributed by atoms with Gasteiger partial charge in [0.2, 0.25) is 0 Å². The molecule has 0 spiro atoms. The van der Waals surface area contributed by atoms with E-state index in [0.717, 1.165) is 38.8 Å². The second-order valence-electron chi connectivity index (χ2n) is 19.5. The lowest BCUT2D eigenvalue weighted by atomic mass is 10.0. The topological polar surface area (TPSA) is 203 Å². The molecule has 0 radical (unpaired) electrons. The fourth-order valence-electron chi connectivity index (χ4n) is 8.77. The van der Waals surface area contributed by atoms with Crippen LogP contribution in [0.25, 0.3) is 44.3 Å². The number of aromatic nitrogens is 2. The van der Waals surface area contributed by atoms with E-state index in [1.165, 1.54) is 7.11 Å². The number of carbonyl (C=O) groups is 4. The lowest BCUT2D eigenvalue weighted by molar-refractivity contribution is -0.146. The van der Waals surface area contributed by atoms with Gasteiger partial charge in [-0.25, -0.2) is 19.6 Å². The average Bonchev–Trinajstić information content (AvgIpc) is 3.92. The summed E-state index contributed by atoms with van der Waals surface area (Å²) >= 11 is 0. The first kappa shape index (κ1) is 51.2. The molecular formula is C55H62N4O12. The summed E-state index contributed by atoms with van der Waals surface area (Å²) in [6, 6.07) is 33.5. The van der Waals surface area contributed by atoms with Gasteiger partial charge in [-0.3, -0.25) is 9.59 Å². The summed E-state index contributed by atoms with van der Waals surface area (Å²) in [5.74, 6) is -0.0860. The minimum Gasteiger partial charge on any atom is -0.497 e. The number of alkyl carbamates (subject to hydrolysis) is 2. The van der Waals surface area contributed by atoms with Crippen LogP contribution in [-0.4, -0.2) is 96.0 Å². The average molecular weight is 971 g/mol. The van der Waals surface area contributed by atoms with Crippen LogP contribution >= 0.6 is 0 Å². The molecule has 6 aromatic rings. The van der Waals surface area contributed by atoms with Crippen molar-refractivity contribution < 1.29 is 57.4 Å². The molecular weight excluding hydrogens is 909 g/mol. The van der Waals surface area contributed by atoms with Crippen LogP contribution in [-0.2, 0) is 23.8 Å². The number of amides is 2. The smallest absolute Gasteiger partial charge is 0.407 e. The molecule has 2 fully saturated rings. The third-order valence-corrected chi connectivity index (χ3v) is 11.9. The molecule has 16 nitrogen and oxygen atoms in total. The van der Waals surface area contributed by atoms with E-state index in [0.29, 0.717) is 47.8 Å². The number of rotatable bonds is 12. The fraction of sp³-hybridized carbons (Fsp3) is 0.382. The molecule has 8 rings (SSSR count). The second-order valence-corrected chi connectivity index (χ2v) is 19.5. The molecule has 2 heterocycles. The highest BCUT2D eigenvalue weighted by atomic mass is 16.6. The number of carbonyl (C=O) groups excluding carboxylic acids is 3. The number of pyridine rings is 2. The van der Waals surface area contributed by atoms with Crippen molar-refractivity contribution in [1.29, 1.82) is 0 Å². The molecule has 0 saturated heterocycles. The number of carboxylic acid groups (broad SMARTS) is 1. The summed E-state index contributed by atoms with van der Waals surface area (Å²) in [5, 5.41) is 16.9. The van der Waals surface area contributed by atoms with Crippen LogP contribution in [0.15, 0.2) is 109 Å². The van der Waals surface area contributed by atoms with E-state index in [1.54, 1.807) is 55.8 Å². The Bertz CT molecular complexity index is 2850. The maximum atomic E-state index is 12.5. The number of carboxylic acids is 1. The van der Waals surface area contributed by atoms with Crippen molar-refractivity contribution in [2.45, 2.75) is 103 Å². The van der Waals surface area contributed by atoms with Crippen LogP contribution in [0.5, 0.6) is 23.0 Å². The molecule has 71 heavy (non-hydrogen) atoms. The molecule has 2 aliphatic carbocycles. The van der Waals surface area contributed by atoms with Gasteiger partial charge in [-0.05, 0) is 78.6 Å². The Morgan fingerprint density at radius 3 is 1.34 bits per heavy atom. The van der Waals surface area contributed by atoms with Gasteiger partial charge in [0.05, 0.1) is 55.6 Å². The van der Waals surface area contributed by atoms with Gasteiger partial charge < -0.3 is 48.9 Å². The first-order valence-electron chi connectivity index (χ1n) is 23.5. The Morgan fingerprint density at radius 1 is 0.549 bits per heavy atom. The standard InChI is InChI=1S/C28H32N2O6.C27H30N2O6/c1-28(2,3)36-27(32)30-24-15-19(13-21(24)26(31)34-5)35-25-16-22(17-9-7-6-8-10-17)29-23-14-18(33-4)11-12-20(23)25;1-27(2,3)35-26(32)29-23-14-18(12-20(23)25(30)31)34-24-15-21(16-8-6-5-7-9-16)28-22-13-17(33-4)10-11-19(22)24/h6-12,14,16,19,21,24H,13,15H2,1-5H3,(H,30,32);5-11,13,15,18,20,23H,12,14H2,1-4H3,(H,29,32)(H,30,31)/t19-,21-,24+;18-,20-,23+/m11/s1. The number of ether oxygens (including phenoxy) is 7. The molecule has 374 valence electrons. The first-order valence-corrected chi connectivity index (χ1v) is 23.5. The summed E-state index contributed by atoms with van der Waals surface area (Å²) in [4.78, 5) is 58.8.